The smallest absolute Gasteiger partial charge is 0.314 e. The van der Waals surface area contributed by atoms with Crippen molar-refractivity contribution in [3.05, 3.63) is 72.7 Å². The van der Waals surface area contributed by atoms with Gasteiger partial charge in [-0.1, -0.05) is 0 Å². The van der Waals surface area contributed by atoms with Crippen molar-refractivity contribution in [2.75, 3.05) is 0 Å². The molecule has 3 aromatic rings. The van der Waals surface area contributed by atoms with E-state index in [0.29, 0.717) is 23.4 Å². The van der Waals surface area contributed by atoms with Crippen LogP contribution in [0.5, 0.6) is 0 Å². The van der Waals surface area contributed by atoms with E-state index in [4.69, 9.17) is 4.42 Å². The van der Waals surface area contributed by atoms with Gasteiger partial charge in [0.05, 0.1) is 28.8 Å². The minimum atomic E-state index is -0.854. The van der Waals surface area contributed by atoms with Crippen LogP contribution in [0.3, 0.4) is 0 Å². The summed E-state index contributed by atoms with van der Waals surface area (Å²) in [6, 6.07) is 6.11. The second kappa shape index (κ2) is 5.89. The maximum Gasteiger partial charge on any atom is 0.314 e. The van der Waals surface area contributed by atoms with Crippen LogP contribution < -0.4 is 16.4 Å². The highest BCUT2D eigenvalue weighted by atomic mass is 16.6. The zero-order valence-corrected chi connectivity index (χ0v) is 11.8. The molecule has 0 atom stereocenters. The molecule has 0 aliphatic rings. The molecule has 9 nitrogen and oxygen atoms in total. The second-order valence-corrected chi connectivity index (χ2v) is 4.88. The Balaban J connectivity index is 1.98. The van der Waals surface area contributed by atoms with Crippen molar-refractivity contribution in [1.29, 1.82) is 0 Å². The minimum Gasteiger partial charge on any atom is -0.468 e. The average Bonchev–Trinajstić information content (AvgIpc) is 3.02. The van der Waals surface area contributed by atoms with E-state index in [0.717, 1.165) is 0 Å². The number of nitro benzene ring substituents is 1. The van der Waals surface area contributed by atoms with Crippen molar-refractivity contribution < 1.29 is 9.34 Å². The number of hydrogen-bond donors (Lipinski definition) is 3. The molecule has 23 heavy (non-hydrogen) atoms. The topological polar surface area (TPSA) is 134 Å². The van der Waals surface area contributed by atoms with E-state index in [2.05, 4.69) is 15.3 Å². The quantitative estimate of drug-likeness (QED) is 0.365. The highest BCUT2D eigenvalue weighted by Crippen LogP contribution is 2.21. The molecule has 9 heteroatoms. The lowest BCUT2D eigenvalue weighted by Crippen LogP contribution is -2.29. The Bertz CT molecular complexity index is 971. The average molecular weight is 316 g/mol. The van der Waals surface area contributed by atoms with Gasteiger partial charge < -0.3 is 19.7 Å². The van der Waals surface area contributed by atoms with E-state index in [-0.39, 0.29) is 17.7 Å². The van der Waals surface area contributed by atoms with Gasteiger partial charge in [-0.25, -0.2) is 0 Å². The molecule has 0 saturated carbocycles. The van der Waals surface area contributed by atoms with Crippen molar-refractivity contribution in [2.45, 2.75) is 13.1 Å². The number of non-ortho nitro benzene ring substituents is 1. The maximum atomic E-state index is 11.5. The van der Waals surface area contributed by atoms with Gasteiger partial charge in [-0.05, 0) is 17.7 Å². The third-order valence-corrected chi connectivity index (χ3v) is 3.30. The molecule has 0 spiro atoms. The number of furan rings is 1. The zero-order chi connectivity index (χ0) is 16.4. The lowest BCUT2D eigenvalue weighted by molar-refractivity contribution is -0.384. The lowest BCUT2D eigenvalue weighted by Gasteiger charge is -2.07. The van der Waals surface area contributed by atoms with Crippen LogP contribution in [-0.2, 0) is 13.1 Å². The van der Waals surface area contributed by atoms with E-state index in [1.165, 1.54) is 12.1 Å². The largest absolute Gasteiger partial charge is 0.468 e. The van der Waals surface area contributed by atoms with Crippen molar-refractivity contribution in [2.24, 2.45) is 0 Å². The molecule has 0 aliphatic heterocycles. The van der Waals surface area contributed by atoms with Gasteiger partial charge in [0.1, 0.15) is 5.76 Å². The summed E-state index contributed by atoms with van der Waals surface area (Å²) in [5, 5.41) is 14.1. The standard InChI is InChI=1S/C14H12N4O5/c19-13-14(20)17-12-8(6-15-7-10-2-1-3-23-10)4-9(18(21)22)5-11(12)16-13/h1-5,15H,6-7H2,(H,16,19)(H,17,20). The summed E-state index contributed by atoms with van der Waals surface area (Å²) in [5.41, 5.74) is -0.777. The van der Waals surface area contributed by atoms with E-state index in [9.17, 15) is 19.7 Å². The summed E-state index contributed by atoms with van der Waals surface area (Å²) >= 11 is 0. The van der Waals surface area contributed by atoms with E-state index >= 15 is 0 Å². The van der Waals surface area contributed by atoms with Crippen molar-refractivity contribution in [1.82, 2.24) is 15.3 Å². The van der Waals surface area contributed by atoms with E-state index in [1.807, 2.05) is 0 Å². The molecule has 1 aromatic carbocycles. The molecule has 0 aliphatic carbocycles. The van der Waals surface area contributed by atoms with Gasteiger partial charge >= 0.3 is 11.1 Å². The van der Waals surface area contributed by atoms with Gasteiger partial charge in [0.15, 0.2) is 0 Å². The van der Waals surface area contributed by atoms with Gasteiger partial charge in [0.2, 0.25) is 0 Å². The van der Waals surface area contributed by atoms with Crippen LogP contribution >= 0.6 is 0 Å². The summed E-state index contributed by atoms with van der Waals surface area (Å²) in [7, 11) is 0. The van der Waals surface area contributed by atoms with Gasteiger partial charge in [0, 0.05) is 18.7 Å². The molecule has 2 aromatic heterocycles. The maximum absolute atomic E-state index is 11.5. The van der Waals surface area contributed by atoms with Gasteiger partial charge in [-0.15, -0.1) is 0 Å². The number of hydrogen-bond acceptors (Lipinski definition) is 6. The highest BCUT2D eigenvalue weighted by molar-refractivity contribution is 5.80. The van der Waals surface area contributed by atoms with Crippen LogP contribution in [-0.4, -0.2) is 14.9 Å². The lowest BCUT2D eigenvalue weighted by atomic mass is 10.1. The number of nitro groups is 1. The van der Waals surface area contributed by atoms with Crippen molar-refractivity contribution in [3.8, 4) is 0 Å². The van der Waals surface area contributed by atoms with E-state index < -0.39 is 16.0 Å². The predicted octanol–water partition coefficient (Wildman–Crippen LogP) is 1.01. The number of aromatic amines is 2. The Hall–Kier alpha value is -3.20. The molecule has 0 amide bonds. The van der Waals surface area contributed by atoms with Crippen molar-refractivity contribution >= 4 is 16.7 Å². The number of rotatable bonds is 5. The molecular formula is C14H12N4O5. The Labute approximate surface area is 128 Å². The van der Waals surface area contributed by atoms with Crippen molar-refractivity contribution in [3.63, 3.8) is 0 Å². The predicted molar refractivity (Wildman–Crippen MR) is 81.1 cm³/mol. The second-order valence-electron chi connectivity index (χ2n) is 4.88. The number of H-pyrrole nitrogens is 2. The molecule has 0 fully saturated rings. The molecule has 0 saturated heterocycles. The number of nitrogens with one attached hydrogen (secondary N) is 3. The van der Waals surface area contributed by atoms with E-state index in [1.54, 1.807) is 18.4 Å². The molecule has 3 rings (SSSR count). The first-order valence-electron chi connectivity index (χ1n) is 6.71. The fraction of sp³-hybridized carbons (Fsp3) is 0.143. The summed E-state index contributed by atoms with van der Waals surface area (Å²) in [6.45, 7) is 0.672. The van der Waals surface area contributed by atoms with Crippen LogP contribution in [0.25, 0.3) is 11.0 Å². The normalized spacial score (nSPS) is 11.0. The Morgan fingerprint density at radius 3 is 2.65 bits per heavy atom. The molecule has 0 radical (unpaired) electrons. The van der Waals surface area contributed by atoms with Crippen LogP contribution in [0.4, 0.5) is 5.69 Å². The molecular weight excluding hydrogens is 304 g/mol. The highest BCUT2D eigenvalue weighted by Gasteiger charge is 2.13. The first-order valence-corrected chi connectivity index (χ1v) is 6.71. The summed E-state index contributed by atoms with van der Waals surface area (Å²) in [5.74, 6) is 0.710. The monoisotopic (exact) mass is 316 g/mol. The molecule has 118 valence electrons. The number of benzene rings is 1. The fourth-order valence-electron chi connectivity index (χ4n) is 2.26. The SMILES string of the molecule is O=c1[nH]c2cc([N+](=O)[O-])cc(CNCc3ccco3)c2[nH]c1=O. The minimum absolute atomic E-state index is 0.171. The number of nitrogens with zero attached hydrogens (tertiary/aromatic N) is 1. The van der Waals surface area contributed by atoms with Gasteiger partial charge in [0.25, 0.3) is 5.69 Å². The summed E-state index contributed by atoms with van der Waals surface area (Å²) < 4.78 is 5.18. The number of fused-ring (bicyclic) bond motifs is 1. The van der Waals surface area contributed by atoms with Crippen LogP contribution in [0, 0.1) is 10.1 Å². The molecule has 3 N–H and O–H groups in total. The third kappa shape index (κ3) is 3.04. The Morgan fingerprint density at radius 1 is 1.17 bits per heavy atom. The van der Waals surface area contributed by atoms with Crippen LogP contribution in [0.1, 0.15) is 11.3 Å². The van der Waals surface area contributed by atoms with Crippen LogP contribution in [0.2, 0.25) is 0 Å². The molecule has 0 bridgehead atoms. The van der Waals surface area contributed by atoms with Crippen LogP contribution in [0.15, 0.2) is 44.5 Å². The Morgan fingerprint density at radius 2 is 1.96 bits per heavy atom. The Kier molecular flexibility index (Phi) is 3.77. The zero-order valence-electron chi connectivity index (χ0n) is 11.8. The van der Waals surface area contributed by atoms with Gasteiger partial charge in [-0.3, -0.25) is 19.7 Å². The molecule has 0 unspecified atom stereocenters. The summed E-state index contributed by atoms with van der Waals surface area (Å²) in [6.07, 6.45) is 1.54. The summed E-state index contributed by atoms with van der Waals surface area (Å²) in [4.78, 5) is 38.2. The first-order chi connectivity index (χ1) is 11.0. The third-order valence-electron chi connectivity index (χ3n) is 3.30. The van der Waals surface area contributed by atoms with Gasteiger partial charge in [-0.2, -0.15) is 0 Å². The first kappa shape index (κ1) is 14.7. The molecule has 2 heterocycles. The fourth-order valence-corrected chi connectivity index (χ4v) is 2.26. The number of aromatic nitrogens is 2.